The number of thiocarbonyl (C=S) groups is 1. The van der Waals surface area contributed by atoms with Crippen molar-refractivity contribution in [2.75, 3.05) is 14.2 Å². The van der Waals surface area contributed by atoms with Gasteiger partial charge in [0.25, 0.3) is 5.91 Å². The number of ether oxygens (including phenoxy) is 1. The molecule has 23 heavy (non-hydrogen) atoms. The summed E-state index contributed by atoms with van der Waals surface area (Å²) in [6, 6.07) is 8.90. The van der Waals surface area contributed by atoms with Gasteiger partial charge in [0.05, 0.1) is 17.6 Å². The van der Waals surface area contributed by atoms with E-state index in [9.17, 15) is 4.79 Å². The molecule has 0 spiro atoms. The number of hydrogen-bond donors (Lipinski definition) is 0. The minimum atomic E-state index is -0.127. The van der Waals surface area contributed by atoms with Crippen LogP contribution in [0.3, 0.4) is 0 Å². The second-order valence-electron chi connectivity index (χ2n) is 4.79. The Hall–Kier alpha value is -1.76. The van der Waals surface area contributed by atoms with Crippen molar-refractivity contribution in [3.8, 4) is 17.1 Å². The first kappa shape index (κ1) is 16.1. The van der Waals surface area contributed by atoms with Crippen molar-refractivity contribution in [1.29, 1.82) is 0 Å². The van der Waals surface area contributed by atoms with E-state index < -0.39 is 0 Å². The minimum Gasteiger partial charge on any atom is -0.496 e. The molecule has 7 heteroatoms. The van der Waals surface area contributed by atoms with Crippen LogP contribution in [-0.4, -0.2) is 29.3 Å². The predicted molar refractivity (Wildman–Crippen MR) is 96.6 cm³/mol. The third kappa shape index (κ3) is 3.15. The summed E-state index contributed by atoms with van der Waals surface area (Å²) in [4.78, 5) is 14.0. The van der Waals surface area contributed by atoms with E-state index in [1.54, 1.807) is 44.5 Å². The van der Waals surface area contributed by atoms with E-state index in [2.05, 4.69) is 0 Å². The summed E-state index contributed by atoms with van der Waals surface area (Å²) in [5.74, 6) is 1.71. The number of nitrogens with zero attached hydrogens (tertiary/aromatic N) is 1. The molecule has 0 atom stereocenters. The van der Waals surface area contributed by atoms with Crippen LogP contribution in [0.25, 0.3) is 17.4 Å². The van der Waals surface area contributed by atoms with Crippen molar-refractivity contribution < 1.29 is 13.9 Å². The number of amides is 1. The highest BCUT2D eigenvalue weighted by Crippen LogP contribution is 2.35. The fraction of sp³-hybridized carbons (Fsp3) is 0.125. The van der Waals surface area contributed by atoms with Crippen molar-refractivity contribution in [3.63, 3.8) is 0 Å². The number of thioether (sulfide) groups is 1. The second-order valence-corrected chi connectivity index (χ2v) is 6.90. The minimum absolute atomic E-state index is 0.127. The van der Waals surface area contributed by atoms with Gasteiger partial charge >= 0.3 is 0 Å². The summed E-state index contributed by atoms with van der Waals surface area (Å²) in [5, 5.41) is 0.589. The molecule has 1 aliphatic heterocycles. The number of methoxy groups -OCH3 is 1. The maximum Gasteiger partial charge on any atom is 0.266 e. The van der Waals surface area contributed by atoms with Gasteiger partial charge in [0.1, 0.15) is 21.6 Å². The van der Waals surface area contributed by atoms with Crippen LogP contribution < -0.4 is 4.74 Å². The Balaban J connectivity index is 1.94. The van der Waals surface area contributed by atoms with Gasteiger partial charge in [-0.05, 0) is 30.3 Å². The molecular formula is C16H12ClNO3S2. The Morgan fingerprint density at radius 2 is 2.13 bits per heavy atom. The van der Waals surface area contributed by atoms with E-state index in [1.165, 1.54) is 16.7 Å². The quantitative estimate of drug-likeness (QED) is 0.594. The lowest BCUT2D eigenvalue weighted by molar-refractivity contribution is -0.121. The number of hydrogen-bond acceptors (Lipinski definition) is 5. The molecule has 1 aliphatic rings. The maximum atomic E-state index is 12.0. The van der Waals surface area contributed by atoms with E-state index in [0.717, 1.165) is 5.56 Å². The van der Waals surface area contributed by atoms with Gasteiger partial charge in [-0.2, -0.15) is 0 Å². The highest BCUT2D eigenvalue weighted by molar-refractivity contribution is 8.26. The van der Waals surface area contributed by atoms with Crippen molar-refractivity contribution in [3.05, 3.63) is 46.0 Å². The molecule has 2 heterocycles. The van der Waals surface area contributed by atoms with Crippen molar-refractivity contribution >= 4 is 51.9 Å². The van der Waals surface area contributed by atoms with Crippen LogP contribution in [0.4, 0.5) is 0 Å². The Kier molecular flexibility index (Phi) is 4.48. The fourth-order valence-electron chi connectivity index (χ4n) is 2.12. The third-order valence-electron chi connectivity index (χ3n) is 3.31. The lowest BCUT2D eigenvalue weighted by atomic mass is 10.1. The molecule has 118 valence electrons. The highest BCUT2D eigenvalue weighted by atomic mass is 35.5. The molecule has 0 bridgehead atoms. The largest absolute Gasteiger partial charge is 0.496 e. The Morgan fingerprint density at radius 1 is 1.35 bits per heavy atom. The van der Waals surface area contributed by atoms with Crippen molar-refractivity contribution in [1.82, 2.24) is 4.90 Å². The molecule has 1 aromatic heterocycles. The highest BCUT2D eigenvalue weighted by Gasteiger charge is 2.29. The molecule has 0 radical (unpaired) electrons. The van der Waals surface area contributed by atoms with Crippen LogP contribution in [0.15, 0.2) is 39.7 Å². The van der Waals surface area contributed by atoms with Gasteiger partial charge in [0.15, 0.2) is 0 Å². The summed E-state index contributed by atoms with van der Waals surface area (Å²) in [6.45, 7) is 0. The SMILES string of the molecule is COc1ccc(Cl)cc1-c1ccc(/C=C2/SC(=S)N(C)C2=O)o1. The van der Waals surface area contributed by atoms with Gasteiger partial charge in [-0.25, -0.2) is 0 Å². The van der Waals surface area contributed by atoms with Crippen LogP contribution in [-0.2, 0) is 4.79 Å². The number of likely N-dealkylation sites (N-methyl/N-ethyl adjacent to an activating group) is 1. The molecule has 0 unspecified atom stereocenters. The molecule has 1 fully saturated rings. The Labute approximate surface area is 148 Å². The third-order valence-corrected chi connectivity index (χ3v) is 5.03. The Morgan fingerprint density at radius 3 is 2.78 bits per heavy atom. The topological polar surface area (TPSA) is 42.7 Å². The number of rotatable bonds is 3. The molecule has 4 nitrogen and oxygen atoms in total. The fourth-order valence-corrected chi connectivity index (χ4v) is 3.45. The van der Waals surface area contributed by atoms with Crippen LogP contribution >= 0.6 is 35.6 Å². The smallest absolute Gasteiger partial charge is 0.266 e. The first-order valence-corrected chi connectivity index (χ1v) is 8.25. The summed E-state index contributed by atoms with van der Waals surface area (Å²) >= 11 is 12.4. The standard InChI is InChI=1S/C16H12ClNO3S2/c1-18-15(19)14(23-16(18)22)8-10-4-6-13(21-10)11-7-9(17)3-5-12(11)20-2/h3-8H,1-2H3/b14-8+. The predicted octanol–water partition coefficient (Wildman–Crippen LogP) is 4.44. The molecular weight excluding hydrogens is 354 g/mol. The molecule has 0 N–H and O–H groups in total. The number of halogens is 1. The first-order valence-electron chi connectivity index (χ1n) is 6.65. The van der Waals surface area contributed by atoms with Crippen LogP contribution in [0, 0.1) is 0 Å². The van der Waals surface area contributed by atoms with Gasteiger partial charge in [-0.1, -0.05) is 35.6 Å². The van der Waals surface area contributed by atoms with Crippen LogP contribution in [0.2, 0.25) is 5.02 Å². The van der Waals surface area contributed by atoms with Gasteiger partial charge in [-0.15, -0.1) is 0 Å². The molecule has 0 saturated carbocycles. The molecule has 1 amide bonds. The first-order chi connectivity index (χ1) is 11.0. The average molecular weight is 366 g/mol. The number of carbonyl (C=O) groups excluding carboxylic acids is 1. The van der Waals surface area contributed by atoms with Crippen molar-refractivity contribution in [2.45, 2.75) is 0 Å². The molecule has 1 aromatic carbocycles. The zero-order valence-corrected chi connectivity index (χ0v) is 14.7. The van der Waals surface area contributed by atoms with Crippen molar-refractivity contribution in [2.24, 2.45) is 0 Å². The summed E-state index contributed by atoms with van der Waals surface area (Å²) in [7, 11) is 3.24. The second kappa shape index (κ2) is 6.39. The molecule has 1 saturated heterocycles. The van der Waals surface area contributed by atoms with Gasteiger partial charge in [-0.3, -0.25) is 9.69 Å². The van der Waals surface area contributed by atoms with Crippen LogP contribution in [0.5, 0.6) is 5.75 Å². The zero-order chi connectivity index (χ0) is 16.6. The lowest BCUT2D eigenvalue weighted by Crippen LogP contribution is -2.22. The van der Waals surface area contributed by atoms with E-state index >= 15 is 0 Å². The lowest BCUT2D eigenvalue weighted by Gasteiger charge is -2.06. The number of furan rings is 1. The molecule has 0 aliphatic carbocycles. The average Bonchev–Trinajstić information content (AvgIpc) is 3.09. The monoisotopic (exact) mass is 365 g/mol. The maximum absolute atomic E-state index is 12.0. The van der Waals surface area contributed by atoms with Gasteiger partial charge in [0, 0.05) is 18.1 Å². The number of benzene rings is 1. The van der Waals surface area contributed by atoms with Gasteiger partial charge in [0.2, 0.25) is 0 Å². The summed E-state index contributed by atoms with van der Waals surface area (Å²) < 4.78 is 11.7. The Bertz CT molecular complexity index is 828. The van der Waals surface area contributed by atoms with E-state index in [0.29, 0.717) is 31.5 Å². The van der Waals surface area contributed by atoms with E-state index in [-0.39, 0.29) is 5.91 Å². The number of carbonyl (C=O) groups is 1. The molecule has 3 rings (SSSR count). The summed E-state index contributed by atoms with van der Waals surface area (Å²) in [6.07, 6.45) is 1.68. The normalized spacial score (nSPS) is 16.5. The van der Waals surface area contributed by atoms with E-state index in [1.807, 2.05) is 6.07 Å². The summed E-state index contributed by atoms with van der Waals surface area (Å²) in [5.41, 5.74) is 0.752. The van der Waals surface area contributed by atoms with Gasteiger partial charge < -0.3 is 9.15 Å². The van der Waals surface area contributed by atoms with Crippen LogP contribution in [0.1, 0.15) is 5.76 Å². The van der Waals surface area contributed by atoms with E-state index in [4.69, 9.17) is 33.0 Å². The molecule has 2 aromatic rings. The zero-order valence-electron chi connectivity index (χ0n) is 12.3.